The molecule has 3 amide bonds. The SMILES string of the molecule is Cc1ccc(NC(=O)Nc2nc(C(=O)NCCC3=CCCCC3)cs2)cc1. The van der Waals surface area contributed by atoms with E-state index in [0.717, 1.165) is 24.8 Å². The van der Waals surface area contributed by atoms with Gasteiger partial charge in [0.2, 0.25) is 0 Å². The van der Waals surface area contributed by atoms with Crippen molar-refractivity contribution in [3.8, 4) is 0 Å². The van der Waals surface area contributed by atoms with Gasteiger partial charge in [0.1, 0.15) is 5.69 Å². The van der Waals surface area contributed by atoms with Crippen LogP contribution in [0.2, 0.25) is 0 Å². The molecule has 0 spiro atoms. The lowest BCUT2D eigenvalue weighted by atomic mass is 9.97. The number of amides is 3. The van der Waals surface area contributed by atoms with Crippen LogP contribution in [0, 0.1) is 6.92 Å². The largest absolute Gasteiger partial charge is 0.350 e. The van der Waals surface area contributed by atoms with Gasteiger partial charge in [-0.15, -0.1) is 11.3 Å². The van der Waals surface area contributed by atoms with Gasteiger partial charge in [-0.1, -0.05) is 29.3 Å². The van der Waals surface area contributed by atoms with Crippen molar-refractivity contribution in [2.75, 3.05) is 17.2 Å². The van der Waals surface area contributed by atoms with Crippen LogP contribution in [0.15, 0.2) is 41.3 Å². The number of urea groups is 1. The van der Waals surface area contributed by atoms with Crippen LogP contribution in [0.5, 0.6) is 0 Å². The summed E-state index contributed by atoms with van der Waals surface area (Å²) >= 11 is 1.23. The Morgan fingerprint density at radius 3 is 2.70 bits per heavy atom. The van der Waals surface area contributed by atoms with E-state index in [2.05, 4.69) is 27.0 Å². The van der Waals surface area contributed by atoms with Crippen LogP contribution in [-0.4, -0.2) is 23.5 Å². The first-order chi connectivity index (χ1) is 13.1. The zero-order valence-electron chi connectivity index (χ0n) is 15.4. The van der Waals surface area contributed by atoms with E-state index in [4.69, 9.17) is 0 Å². The number of aryl methyl sites for hydroxylation is 1. The normalized spacial score (nSPS) is 13.6. The quantitative estimate of drug-likeness (QED) is 0.630. The average Bonchev–Trinajstić information content (AvgIpc) is 3.13. The fourth-order valence-corrected chi connectivity index (χ4v) is 3.58. The van der Waals surface area contributed by atoms with Gasteiger partial charge in [0.15, 0.2) is 5.13 Å². The van der Waals surface area contributed by atoms with Crippen molar-refractivity contribution in [3.05, 3.63) is 52.6 Å². The predicted molar refractivity (Wildman–Crippen MR) is 109 cm³/mol. The first-order valence-corrected chi connectivity index (χ1v) is 10.0. The summed E-state index contributed by atoms with van der Waals surface area (Å²) in [5.41, 5.74) is 3.57. The Hall–Kier alpha value is -2.67. The minimum absolute atomic E-state index is 0.213. The number of nitrogens with zero attached hydrogens (tertiary/aromatic N) is 1. The number of anilines is 2. The summed E-state index contributed by atoms with van der Waals surface area (Å²) < 4.78 is 0. The summed E-state index contributed by atoms with van der Waals surface area (Å²) in [6.45, 7) is 2.59. The van der Waals surface area contributed by atoms with Crippen LogP contribution >= 0.6 is 11.3 Å². The van der Waals surface area contributed by atoms with Crippen molar-refractivity contribution in [2.24, 2.45) is 0 Å². The number of allylic oxidation sites excluding steroid dienone is 1. The third-order valence-corrected chi connectivity index (χ3v) is 5.14. The summed E-state index contributed by atoms with van der Waals surface area (Å²) in [6, 6.07) is 7.12. The molecule has 0 fully saturated rings. The number of nitrogens with one attached hydrogen (secondary N) is 3. The first-order valence-electron chi connectivity index (χ1n) is 9.16. The van der Waals surface area contributed by atoms with E-state index >= 15 is 0 Å². The number of hydrogen-bond acceptors (Lipinski definition) is 4. The molecular formula is C20H24N4O2S. The third kappa shape index (κ3) is 5.92. The highest BCUT2D eigenvalue weighted by molar-refractivity contribution is 7.14. The summed E-state index contributed by atoms with van der Waals surface area (Å²) in [4.78, 5) is 28.4. The van der Waals surface area contributed by atoms with Crippen molar-refractivity contribution >= 4 is 34.1 Å². The van der Waals surface area contributed by atoms with E-state index in [1.165, 1.54) is 29.8 Å². The number of carbonyl (C=O) groups excluding carboxylic acids is 2. The first kappa shape index (κ1) is 19.1. The lowest BCUT2D eigenvalue weighted by Gasteiger charge is -2.12. The number of rotatable bonds is 6. The number of hydrogen-bond donors (Lipinski definition) is 3. The maximum atomic E-state index is 12.2. The van der Waals surface area contributed by atoms with Gasteiger partial charge in [-0.2, -0.15) is 0 Å². The average molecular weight is 385 g/mol. The van der Waals surface area contributed by atoms with Gasteiger partial charge in [0.05, 0.1) is 0 Å². The van der Waals surface area contributed by atoms with Crippen LogP contribution in [0.4, 0.5) is 15.6 Å². The lowest BCUT2D eigenvalue weighted by Crippen LogP contribution is -2.25. The fourth-order valence-electron chi connectivity index (χ4n) is 2.89. The van der Waals surface area contributed by atoms with Crippen LogP contribution < -0.4 is 16.0 Å². The van der Waals surface area contributed by atoms with Crippen LogP contribution in [0.25, 0.3) is 0 Å². The molecule has 1 aliphatic carbocycles. The number of thiazole rings is 1. The molecule has 142 valence electrons. The molecular weight excluding hydrogens is 360 g/mol. The minimum Gasteiger partial charge on any atom is -0.350 e. The van der Waals surface area contributed by atoms with Crippen LogP contribution in [0.1, 0.15) is 48.2 Å². The number of aromatic nitrogens is 1. The van der Waals surface area contributed by atoms with E-state index in [-0.39, 0.29) is 11.9 Å². The van der Waals surface area contributed by atoms with Gasteiger partial charge in [-0.25, -0.2) is 9.78 Å². The summed E-state index contributed by atoms with van der Waals surface area (Å²) in [5.74, 6) is -0.213. The second kappa shape index (κ2) is 9.32. The summed E-state index contributed by atoms with van der Waals surface area (Å²) in [5, 5.41) is 10.3. The van der Waals surface area contributed by atoms with Crippen molar-refractivity contribution in [1.29, 1.82) is 0 Å². The lowest BCUT2D eigenvalue weighted by molar-refractivity contribution is 0.0950. The smallest absolute Gasteiger partial charge is 0.325 e. The van der Waals surface area contributed by atoms with Gasteiger partial charge < -0.3 is 10.6 Å². The molecule has 1 aliphatic rings. The number of benzene rings is 1. The minimum atomic E-state index is -0.385. The molecule has 0 radical (unpaired) electrons. The topological polar surface area (TPSA) is 83.1 Å². The fraction of sp³-hybridized carbons (Fsp3) is 0.350. The van der Waals surface area contributed by atoms with Crippen molar-refractivity contribution in [3.63, 3.8) is 0 Å². The van der Waals surface area contributed by atoms with Gasteiger partial charge in [0, 0.05) is 17.6 Å². The zero-order chi connectivity index (χ0) is 19.1. The summed E-state index contributed by atoms with van der Waals surface area (Å²) in [7, 11) is 0. The van der Waals surface area contributed by atoms with Crippen LogP contribution in [0.3, 0.4) is 0 Å². The Labute approximate surface area is 163 Å². The molecule has 1 aromatic heterocycles. The Balaban J connectivity index is 1.45. The second-order valence-electron chi connectivity index (χ2n) is 6.60. The highest BCUT2D eigenvalue weighted by Gasteiger charge is 2.13. The Morgan fingerprint density at radius 1 is 1.15 bits per heavy atom. The van der Waals surface area contributed by atoms with Crippen molar-refractivity contribution < 1.29 is 9.59 Å². The third-order valence-electron chi connectivity index (χ3n) is 4.38. The molecule has 0 unspecified atom stereocenters. The van der Waals surface area contributed by atoms with E-state index in [1.807, 2.05) is 31.2 Å². The maximum Gasteiger partial charge on any atom is 0.325 e. The van der Waals surface area contributed by atoms with Gasteiger partial charge in [0.25, 0.3) is 5.91 Å². The van der Waals surface area contributed by atoms with Crippen LogP contribution in [-0.2, 0) is 0 Å². The number of carbonyl (C=O) groups is 2. The Morgan fingerprint density at radius 2 is 1.96 bits per heavy atom. The van der Waals surface area contributed by atoms with E-state index in [1.54, 1.807) is 5.38 Å². The van der Waals surface area contributed by atoms with E-state index < -0.39 is 0 Å². The highest BCUT2D eigenvalue weighted by Crippen LogP contribution is 2.20. The zero-order valence-corrected chi connectivity index (χ0v) is 16.2. The Bertz CT molecular complexity index is 827. The maximum absolute atomic E-state index is 12.2. The molecule has 1 aromatic carbocycles. The van der Waals surface area contributed by atoms with Crippen molar-refractivity contribution in [2.45, 2.75) is 39.0 Å². The van der Waals surface area contributed by atoms with E-state index in [0.29, 0.717) is 23.1 Å². The highest BCUT2D eigenvalue weighted by atomic mass is 32.1. The Kier molecular flexibility index (Phi) is 6.59. The molecule has 0 saturated heterocycles. The van der Waals surface area contributed by atoms with Gasteiger partial charge >= 0.3 is 6.03 Å². The van der Waals surface area contributed by atoms with Gasteiger partial charge in [-0.05, 0) is 51.2 Å². The molecule has 0 aliphatic heterocycles. The molecule has 2 aromatic rings. The molecule has 3 N–H and O–H groups in total. The van der Waals surface area contributed by atoms with Gasteiger partial charge in [-0.3, -0.25) is 10.1 Å². The van der Waals surface area contributed by atoms with Crippen molar-refractivity contribution in [1.82, 2.24) is 10.3 Å². The second-order valence-corrected chi connectivity index (χ2v) is 7.46. The summed E-state index contributed by atoms with van der Waals surface area (Å²) in [6.07, 6.45) is 7.96. The standard InChI is InChI=1S/C20H24N4O2S/c1-14-7-9-16(10-8-14)22-19(26)24-20-23-17(13-27-20)18(25)21-12-11-15-5-3-2-4-6-15/h5,7-10,13H,2-4,6,11-12H2,1H3,(H,21,25)(H2,22,23,24,26). The molecule has 27 heavy (non-hydrogen) atoms. The molecule has 0 atom stereocenters. The predicted octanol–water partition coefficient (Wildman–Crippen LogP) is 4.72. The molecule has 1 heterocycles. The molecule has 7 heteroatoms. The molecule has 6 nitrogen and oxygen atoms in total. The molecule has 0 saturated carbocycles. The monoisotopic (exact) mass is 384 g/mol. The van der Waals surface area contributed by atoms with E-state index in [9.17, 15) is 9.59 Å². The molecule has 0 bridgehead atoms. The molecule has 3 rings (SSSR count).